The molecule has 2 aromatic rings. The zero-order valence-electron chi connectivity index (χ0n) is 11.8. The first kappa shape index (κ1) is 15.0. The Morgan fingerprint density at radius 1 is 1.30 bits per heavy atom. The van der Waals surface area contributed by atoms with E-state index in [4.69, 9.17) is 0 Å². The van der Waals surface area contributed by atoms with Crippen LogP contribution in [0, 0.1) is 20.8 Å². The Hall–Kier alpha value is -1.40. The van der Waals surface area contributed by atoms with Crippen molar-refractivity contribution < 1.29 is 4.79 Å². The lowest BCUT2D eigenvalue weighted by Gasteiger charge is -2.08. The average Bonchev–Trinajstić information content (AvgIpc) is 2.79. The van der Waals surface area contributed by atoms with Gasteiger partial charge in [-0.05, 0) is 32.4 Å². The molecule has 1 N–H and O–H groups in total. The average molecular weight is 307 g/mol. The molecular weight excluding hydrogens is 290 g/mol. The van der Waals surface area contributed by atoms with Gasteiger partial charge in [0, 0.05) is 17.9 Å². The topological polar surface area (TPSA) is 54.9 Å². The largest absolute Gasteiger partial charge is 0.326 e. The second kappa shape index (κ2) is 6.85. The van der Waals surface area contributed by atoms with E-state index in [0.29, 0.717) is 12.2 Å². The number of hydrogen-bond acceptors (Lipinski definition) is 5. The number of rotatable bonds is 5. The highest BCUT2D eigenvalue weighted by Gasteiger charge is 2.07. The van der Waals surface area contributed by atoms with Crippen LogP contribution in [0.1, 0.15) is 22.6 Å². The number of hydrogen-bond donors (Lipinski definition) is 1. The Balaban J connectivity index is 1.80. The molecule has 1 amide bonds. The summed E-state index contributed by atoms with van der Waals surface area (Å²) in [5, 5.41) is 11.9. The van der Waals surface area contributed by atoms with Gasteiger partial charge in [-0.1, -0.05) is 40.8 Å². The molecular formula is C14H17N3OS2. The summed E-state index contributed by atoms with van der Waals surface area (Å²) < 4.78 is 0.918. The zero-order valence-corrected chi connectivity index (χ0v) is 13.4. The van der Waals surface area contributed by atoms with Gasteiger partial charge in [-0.15, -0.1) is 10.2 Å². The molecule has 20 heavy (non-hydrogen) atoms. The predicted molar refractivity (Wildman–Crippen MR) is 84.5 cm³/mol. The number of thioether (sulfide) groups is 1. The second-order valence-electron chi connectivity index (χ2n) is 4.55. The van der Waals surface area contributed by atoms with E-state index in [2.05, 4.69) is 21.6 Å². The maximum atomic E-state index is 11.9. The van der Waals surface area contributed by atoms with Crippen LogP contribution in [0.3, 0.4) is 0 Å². The molecule has 1 aromatic heterocycles. The highest BCUT2D eigenvalue weighted by molar-refractivity contribution is 8.01. The molecule has 0 saturated heterocycles. The molecule has 4 nitrogen and oxygen atoms in total. The molecule has 0 bridgehead atoms. The third-order valence-corrected chi connectivity index (χ3v) is 4.69. The number of nitrogens with zero attached hydrogens (tertiary/aromatic N) is 2. The first-order chi connectivity index (χ1) is 9.54. The number of nitrogens with one attached hydrogen (secondary N) is 1. The van der Waals surface area contributed by atoms with E-state index in [1.165, 1.54) is 5.56 Å². The molecule has 0 atom stereocenters. The molecule has 2 rings (SSSR count). The Labute approximate surface area is 127 Å². The van der Waals surface area contributed by atoms with Crippen molar-refractivity contribution in [1.29, 1.82) is 0 Å². The van der Waals surface area contributed by atoms with Crippen molar-refractivity contribution in [2.75, 3.05) is 11.1 Å². The van der Waals surface area contributed by atoms with Gasteiger partial charge in [-0.3, -0.25) is 4.79 Å². The molecule has 1 aromatic carbocycles. The van der Waals surface area contributed by atoms with Gasteiger partial charge in [0.1, 0.15) is 5.01 Å². The molecule has 0 saturated carbocycles. The van der Waals surface area contributed by atoms with Crippen molar-refractivity contribution in [3.05, 3.63) is 34.3 Å². The lowest BCUT2D eigenvalue weighted by molar-refractivity contribution is -0.115. The SMILES string of the molecule is Cc1ccc(NC(=O)CCSc2nnc(C)s2)c(C)c1. The summed E-state index contributed by atoms with van der Waals surface area (Å²) in [4.78, 5) is 11.9. The minimum absolute atomic E-state index is 0.0330. The monoisotopic (exact) mass is 307 g/mol. The van der Waals surface area contributed by atoms with Gasteiger partial charge in [0.15, 0.2) is 4.34 Å². The number of amides is 1. The van der Waals surface area contributed by atoms with Crippen molar-refractivity contribution in [1.82, 2.24) is 10.2 Å². The van der Waals surface area contributed by atoms with Crippen molar-refractivity contribution in [2.24, 2.45) is 0 Å². The van der Waals surface area contributed by atoms with Crippen LogP contribution in [0.4, 0.5) is 5.69 Å². The summed E-state index contributed by atoms with van der Waals surface area (Å²) in [5.41, 5.74) is 3.17. The summed E-state index contributed by atoms with van der Waals surface area (Å²) in [6, 6.07) is 6.01. The Morgan fingerprint density at radius 2 is 2.10 bits per heavy atom. The highest BCUT2D eigenvalue weighted by Crippen LogP contribution is 2.22. The first-order valence-electron chi connectivity index (χ1n) is 6.34. The van der Waals surface area contributed by atoms with Crippen LogP contribution in [-0.4, -0.2) is 21.9 Å². The fraction of sp³-hybridized carbons (Fsp3) is 0.357. The predicted octanol–water partition coefficient (Wildman–Crippen LogP) is 3.58. The maximum Gasteiger partial charge on any atom is 0.225 e. The van der Waals surface area contributed by atoms with Crippen molar-refractivity contribution in [3.8, 4) is 0 Å². The van der Waals surface area contributed by atoms with E-state index in [-0.39, 0.29) is 5.91 Å². The minimum Gasteiger partial charge on any atom is -0.326 e. The third kappa shape index (κ3) is 4.31. The number of anilines is 1. The lowest BCUT2D eigenvalue weighted by Crippen LogP contribution is -2.13. The van der Waals surface area contributed by atoms with Gasteiger partial charge >= 0.3 is 0 Å². The molecule has 0 aliphatic heterocycles. The second-order valence-corrected chi connectivity index (χ2v) is 7.08. The minimum atomic E-state index is 0.0330. The van der Waals surface area contributed by atoms with Crippen LogP contribution >= 0.6 is 23.1 Å². The fourth-order valence-corrected chi connectivity index (χ4v) is 3.56. The standard InChI is InChI=1S/C14H17N3OS2/c1-9-4-5-12(10(2)8-9)15-13(18)6-7-19-14-17-16-11(3)20-14/h4-5,8H,6-7H2,1-3H3,(H,15,18). The number of carbonyl (C=O) groups excluding carboxylic acids is 1. The van der Waals surface area contributed by atoms with Gasteiger partial charge < -0.3 is 5.32 Å². The molecule has 0 aliphatic carbocycles. The Morgan fingerprint density at radius 3 is 2.75 bits per heavy atom. The van der Waals surface area contributed by atoms with Crippen molar-refractivity contribution in [3.63, 3.8) is 0 Å². The number of carbonyl (C=O) groups is 1. The normalized spacial score (nSPS) is 10.6. The summed E-state index contributed by atoms with van der Waals surface area (Å²) >= 11 is 3.13. The van der Waals surface area contributed by atoms with Crippen molar-refractivity contribution >= 4 is 34.7 Å². The van der Waals surface area contributed by atoms with Crippen LogP contribution in [0.5, 0.6) is 0 Å². The van der Waals surface area contributed by atoms with E-state index in [9.17, 15) is 4.79 Å². The van der Waals surface area contributed by atoms with E-state index in [1.54, 1.807) is 23.1 Å². The number of benzene rings is 1. The van der Waals surface area contributed by atoms with Gasteiger partial charge in [0.25, 0.3) is 0 Å². The van der Waals surface area contributed by atoms with Crippen LogP contribution < -0.4 is 5.32 Å². The molecule has 6 heteroatoms. The number of aromatic nitrogens is 2. The summed E-state index contributed by atoms with van der Waals surface area (Å²) in [5.74, 6) is 0.747. The lowest BCUT2D eigenvalue weighted by atomic mass is 10.1. The van der Waals surface area contributed by atoms with E-state index in [1.807, 2.05) is 32.9 Å². The first-order valence-corrected chi connectivity index (χ1v) is 8.15. The van der Waals surface area contributed by atoms with E-state index in [0.717, 1.165) is 20.6 Å². The molecule has 0 fully saturated rings. The van der Waals surface area contributed by atoms with Crippen LogP contribution in [0.25, 0.3) is 0 Å². The van der Waals surface area contributed by atoms with Gasteiger partial charge in [0.05, 0.1) is 0 Å². The third-order valence-electron chi connectivity index (χ3n) is 2.72. The fourth-order valence-electron chi connectivity index (χ4n) is 1.73. The molecule has 106 valence electrons. The Bertz CT molecular complexity index is 610. The van der Waals surface area contributed by atoms with Crippen LogP contribution in [0.15, 0.2) is 22.5 Å². The molecule has 1 heterocycles. The van der Waals surface area contributed by atoms with Gasteiger partial charge in [-0.2, -0.15) is 0 Å². The van der Waals surface area contributed by atoms with Crippen LogP contribution in [0.2, 0.25) is 0 Å². The summed E-state index contributed by atoms with van der Waals surface area (Å²) in [6.07, 6.45) is 0.469. The van der Waals surface area contributed by atoms with Gasteiger partial charge in [-0.25, -0.2) is 0 Å². The molecule has 0 aliphatic rings. The Kier molecular flexibility index (Phi) is 5.14. The van der Waals surface area contributed by atoms with E-state index >= 15 is 0 Å². The zero-order chi connectivity index (χ0) is 14.5. The number of aryl methyl sites for hydroxylation is 3. The van der Waals surface area contributed by atoms with Crippen molar-refractivity contribution in [2.45, 2.75) is 31.5 Å². The molecule has 0 unspecified atom stereocenters. The molecule has 0 radical (unpaired) electrons. The highest BCUT2D eigenvalue weighted by atomic mass is 32.2. The molecule has 0 spiro atoms. The summed E-state index contributed by atoms with van der Waals surface area (Å²) in [7, 11) is 0. The quantitative estimate of drug-likeness (QED) is 0.858. The maximum absolute atomic E-state index is 11.9. The van der Waals surface area contributed by atoms with Crippen LogP contribution in [-0.2, 0) is 4.79 Å². The van der Waals surface area contributed by atoms with Gasteiger partial charge in [0.2, 0.25) is 5.91 Å². The summed E-state index contributed by atoms with van der Waals surface area (Å²) in [6.45, 7) is 5.97. The smallest absolute Gasteiger partial charge is 0.225 e. The van der Waals surface area contributed by atoms with E-state index < -0.39 is 0 Å².